The molecule has 4 heterocycles. The van der Waals surface area contributed by atoms with Crippen LogP contribution in [0.2, 0.25) is 0 Å². The molecule has 44 heavy (non-hydrogen) atoms. The first-order valence-corrected chi connectivity index (χ1v) is 15.3. The van der Waals surface area contributed by atoms with Crippen molar-refractivity contribution in [3.05, 3.63) is 77.7 Å². The lowest BCUT2D eigenvalue weighted by Crippen LogP contribution is -2.35. The summed E-state index contributed by atoms with van der Waals surface area (Å²) < 4.78 is 7.68. The summed E-state index contributed by atoms with van der Waals surface area (Å²) >= 11 is 0. The van der Waals surface area contributed by atoms with Crippen LogP contribution in [0.3, 0.4) is 0 Å². The molecular formula is C35H44N6O3. The minimum Gasteiger partial charge on any atom is -0.443 e. The van der Waals surface area contributed by atoms with E-state index in [9.17, 15) is 9.59 Å². The van der Waals surface area contributed by atoms with Crippen molar-refractivity contribution in [3.8, 4) is 11.1 Å². The number of aryl methyl sites for hydroxylation is 1. The van der Waals surface area contributed by atoms with Gasteiger partial charge in [0.15, 0.2) is 0 Å². The Labute approximate surface area is 260 Å². The van der Waals surface area contributed by atoms with E-state index in [0.29, 0.717) is 11.7 Å². The molecule has 1 atom stereocenters. The van der Waals surface area contributed by atoms with Gasteiger partial charge in [-0.25, -0.2) is 14.8 Å². The first kappa shape index (κ1) is 31.2. The Morgan fingerprint density at radius 3 is 2.25 bits per heavy atom. The number of amides is 2. The van der Waals surface area contributed by atoms with E-state index in [1.807, 2.05) is 57.3 Å². The normalized spacial score (nSPS) is 15.3. The minimum atomic E-state index is -0.577. The number of benzene rings is 1. The molecule has 9 heteroatoms. The molecule has 0 bridgehead atoms. The molecule has 1 aliphatic rings. The predicted octanol–water partition coefficient (Wildman–Crippen LogP) is 6.65. The fourth-order valence-electron chi connectivity index (χ4n) is 6.02. The zero-order chi connectivity index (χ0) is 31.8. The van der Waals surface area contributed by atoms with Crippen molar-refractivity contribution in [2.45, 2.75) is 58.1 Å². The summed E-state index contributed by atoms with van der Waals surface area (Å²) in [6.07, 6.45) is 5.36. The summed E-state index contributed by atoms with van der Waals surface area (Å²) in [4.78, 5) is 39.7. The van der Waals surface area contributed by atoms with Crippen LogP contribution >= 0.6 is 0 Å². The second kappa shape index (κ2) is 12.4. The largest absolute Gasteiger partial charge is 0.443 e. The molecule has 1 saturated heterocycles. The number of ether oxygens (including phenoxy) is 1. The van der Waals surface area contributed by atoms with Gasteiger partial charge in [0, 0.05) is 68.8 Å². The van der Waals surface area contributed by atoms with Crippen LogP contribution in [-0.4, -0.2) is 76.2 Å². The monoisotopic (exact) mass is 596 g/mol. The standard InChI is InChI=1S/C35H44N6O3/c1-23(41-19-16-25(17-20-41)24-9-11-26(12-10-24)33(42)38(5)6)30-21-29-28(15-18-36-32(29)39(30)7)27-13-14-31(37-22-27)40(8)34(43)44-35(2,3)4/h9-15,18,21-23,25H,16-17,19-20H2,1-8H3. The van der Waals surface area contributed by atoms with Gasteiger partial charge in [0.2, 0.25) is 0 Å². The Balaban J connectivity index is 1.30. The summed E-state index contributed by atoms with van der Waals surface area (Å²) in [7, 11) is 7.32. The first-order chi connectivity index (χ1) is 20.8. The summed E-state index contributed by atoms with van der Waals surface area (Å²) in [5.41, 5.74) is 5.63. The Morgan fingerprint density at radius 2 is 1.66 bits per heavy atom. The highest BCUT2D eigenvalue weighted by Crippen LogP contribution is 2.36. The fraction of sp³-hybridized carbons (Fsp3) is 0.429. The van der Waals surface area contributed by atoms with Crippen LogP contribution in [0.5, 0.6) is 0 Å². The molecule has 232 valence electrons. The van der Waals surface area contributed by atoms with Crippen molar-refractivity contribution < 1.29 is 14.3 Å². The zero-order valence-corrected chi connectivity index (χ0v) is 27.2. The van der Waals surface area contributed by atoms with Gasteiger partial charge in [-0.05, 0) is 107 Å². The van der Waals surface area contributed by atoms with E-state index in [2.05, 4.69) is 46.6 Å². The van der Waals surface area contributed by atoms with E-state index in [1.165, 1.54) is 16.2 Å². The molecule has 0 aliphatic carbocycles. The molecule has 4 aromatic rings. The van der Waals surface area contributed by atoms with E-state index in [-0.39, 0.29) is 11.9 Å². The number of pyridine rings is 2. The maximum absolute atomic E-state index is 12.5. The number of aromatic nitrogens is 3. The van der Waals surface area contributed by atoms with E-state index in [1.54, 1.807) is 32.2 Å². The second-order valence-corrected chi connectivity index (χ2v) is 13.0. The summed E-state index contributed by atoms with van der Waals surface area (Å²) in [5.74, 6) is 1.05. The van der Waals surface area contributed by atoms with Gasteiger partial charge in [-0.3, -0.25) is 14.6 Å². The third-order valence-electron chi connectivity index (χ3n) is 8.58. The summed E-state index contributed by atoms with van der Waals surface area (Å²) in [5, 5.41) is 1.08. The Hall–Kier alpha value is -4.24. The van der Waals surface area contributed by atoms with Crippen LogP contribution in [0.25, 0.3) is 22.2 Å². The van der Waals surface area contributed by atoms with Gasteiger partial charge < -0.3 is 14.2 Å². The van der Waals surface area contributed by atoms with Crippen LogP contribution < -0.4 is 4.90 Å². The highest BCUT2D eigenvalue weighted by molar-refractivity contribution is 5.95. The maximum atomic E-state index is 12.5. The van der Waals surface area contributed by atoms with E-state index < -0.39 is 11.7 Å². The number of rotatable bonds is 6. The quantitative estimate of drug-likeness (QED) is 0.248. The SMILES string of the molecule is CC(c1cc2c(-c3ccc(N(C)C(=O)OC(C)(C)C)nc3)ccnc2n1C)N1CCC(c2ccc(C(=O)N(C)C)cc2)CC1. The van der Waals surface area contributed by atoms with Gasteiger partial charge in [0.05, 0.1) is 0 Å². The molecule has 0 radical (unpaired) electrons. The number of hydrogen-bond donors (Lipinski definition) is 0. The molecule has 1 unspecified atom stereocenters. The van der Waals surface area contributed by atoms with E-state index in [0.717, 1.165) is 53.7 Å². The average Bonchev–Trinajstić information content (AvgIpc) is 3.35. The van der Waals surface area contributed by atoms with Crippen molar-refractivity contribution in [2.75, 3.05) is 39.1 Å². The Kier molecular flexibility index (Phi) is 8.79. The Bertz CT molecular complexity index is 1630. The topological polar surface area (TPSA) is 83.8 Å². The van der Waals surface area contributed by atoms with Crippen molar-refractivity contribution in [2.24, 2.45) is 7.05 Å². The van der Waals surface area contributed by atoms with Gasteiger partial charge in [0.25, 0.3) is 5.91 Å². The third-order valence-corrected chi connectivity index (χ3v) is 8.58. The second-order valence-electron chi connectivity index (χ2n) is 13.0. The van der Waals surface area contributed by atoms with Crippen LogP contribution in [0.4, 0.5) is 10.6 Å². The fourth-order valence-corrected chi connectivity index (χ4v) is 6.02. The Morgan fingerprint density at radius 1 is 0.977 bits per heavy atom. The molecule has 5 rings (SSSR count). The number of likely N-dealkylation sites (tertiary alicyclic amines) is 1. The molecule has 9 nitrogen and oxygen atoms in total. The molecular weight excluding hydrogens is 552 g/mol. The van der Waals surface area contributed by atoms with Crippen molar-refractivity contribution in [1.82, 2.24) is 24.3 Å². The lowest BCUT2D eigenvalue weighted by molar-refractivity contribution is 0.0588. The molecule has 0 spiro atoms. The van der Waals surface area contributed by atoms with Crippen molar-refractivity contribution in [1.29, 1.82) is 0 Å². The number of carbonyl (C=O) groups excluding carboxylic acids is 2. The van der Waals surface area contributed by atoms with Crippen LogP contribution in [-0.2, 0) is 11.8 Å². The van der Waals surface area contributed by atoms with Crippen LogP contribution in [0.15, 0.2) is 60.9 Å². The van der Waals surface area contributed by atoms with Gasteiger partial charge in [-0.1, -0.05) is 12.1 Å². The number of anilines is 1. The van der Waals surface area contributed by atoms with Gasteiger partial charge in [-0.2, -0.15) is 0 Å². The summed E-state index contributed by atoms with van der Waals surface area (Å²) in [6, 6.07) is 16.5. The molecule has 1 aromatic carbocycles. The minimum absolute atomic E-state index is 0.0341. The maximum Gasteiger partial charge on any atom is 0.415 e. The van der Waals surface area contributed by atoms with E-state index in [4.69, 9.17) is 9.72 Å². The molecule has 3 aromatic heterocycles. The number of nitrogens with zero attached hydrogens (tertiary/aromatic N) is 6. The van der Waals surface area contributed by atoms with Gasteiger partial charge in [-0.15, -0.1) is 0 Å². The van der Waals surface area contributed by atoms with Crippen molar-refractivity contribution >= 4 is 28.9 Å². The first-order valence-electron chi connectivity index (χ1n) is 15.3. The zero-order valence-electron chi connectivity index (χ0n) is 27.2. The van der Waals surface area contributed by atoms with Gasteiger partial charge in [0.1, 0.15) is 17.1 Å². The average molecular weight is 597 g/mol. The highest BCUT2D eigenvalue weighted by atomic mass is 16.6. The van der Waals surface area contributed by atoms with E-state index >= 15 is 0 Å². The molecule has 0 N–H and O–H groups in total. The van der Waals surface area contributed by atoms with Crippen molar-refractivity contribution in [3.63, 3.8) is 0 Å². The predicted molar refractivity (Wildman–Crippen MR) is 175 cm³/mol. The smallest absolute Gasteiger partial charge is 0.415 e. The van der Waals surface area contributed by atoms with Gasteiger partial charge >= 0.3 is 6.09 Å². The lowest BCUT2D eigenvalue weighted by atomic mass is 9.88. The molecule has 0 saturated carbocycles. The number of carbonyl (C=O) groups is 2. The van der Waals surface area contributed by atoms with Crippen LogP contribution in [0, 0.1) is 0 Å². The molecule has 2 amide bonds. The molecule has 1 fully saturated rings. The number of piperidine rings is 1. The third kappa shape index (κ3) is 6.48. The molecule has 1 aliphatic heterocycles. The van der Waals surface area contributed by atoms with Crippen LogP contribution in [0.1, 0.15) is 74.1 Å². The lowest BCUT2D eigenvalue weighted by Gasteiger charge is -2.36. The highest BCUT2D eigenvalue weighted by Gasteiger charge is 2.27. The number of hydrogen-bond acceptors (Lipinski definition) is 6. The number of fused-ring (bicyclic) bond motifs is 1. The summed E-state index contributed by atoms with van der Waals surface area (Å²) in [6.45, 7) is 9.82.